The lowest BCUT2D eigenvalue weighted by atomic mass is 9.85. The van der Waals surface area contributed by atoms with Crippen molar-refractivity contribution in [1.29, 1.82) is 0 Å². The Morgan fingerprint density at radius 1 is 1.31 bits per heavy atom. The molecule has 0 saturated carbocycles. The number of nitro groups is 1. The molecule has 1 unspecified atom stereocenters. The normalized spacial score (nSPS) is 19.7. The fraction of sp³-hybridized carbons (Fsp3) is 0.312. The Balaban J connectivity index is 2.11. The lowest BCUT2D eigenvalue weighted by Gasteiger charge is -2.43. The molecule has 0 amide bonds. The molecule has 1 aliphatic rings. The highest BCUT2D eigenvalue weighted by atomic mass is 19.4. The van der Waals surface area contributed by atoms with Crippen LogP contribution in [0.25, 0.3) is 0 Å². The Labute approximate surface area is 144 Å². The molecule has 1 fully saturated rings. The van der Waals surface area contributed by atoms with E-state index in [4.69, 9.17) is 9.47 Å². The van der Waals surface area contributed by atoms with Crippen molar-refractivity contribution in [3.8, 4) is 11.6 Å². The Kier molecular flexibility index (Phi) is 4.31. The number of aromatic nitrogens is 1. The van der Waals surface area contributed by atoms with Gasteiger partial charge in [0.2, 0.25) is 0 Å². The number of hydrogen-bond acceptors (Lipinski definition) is 5. The Hall–Kier alpha value is -2.75. The zero-order valence-corrected chi connectivity index (χ0v) is 13.3. The third-order valence-corrected chi connectivity index (χ3v) is 4.02. The van der Waals surface area contributed by atoms with Gasteiger partial charge in [-0.2, -0.15) is 13.2 Å². The molecule has 1 aromatic heterocycles. The first-order valence-electron chi connectivity index (χ1n) is 7.45. The van der Waals surface area contributed by atoms with Gasteiger partial charge >= 0.3 is 11.9 Å². The molecule has 1 atom stereocenters. The van der Waals surface area contributed by atoms with Gasteiger partial charge < -0.3 is 9.47 Å². The molecule has 1 saturated heterocycles. The molecular formula is C16H12F4N2O4. The SMILES string of the molecule is Cc1ccc([N+](=O)[O-])c(Oc2ccc(F)cc2C2(C(F)(F)F)CCO2)n1. The monoisotopic (exact) mass is 372 g/mol. The second kappa shape index (κ2) is 6.20. The Morgan fingerprint density at radius 3 is 2.54 bits per heavy atom. The van der Waals surface area contributed by atoms with Crippen molar-refractivity contribution in [3.05, 3.63) is 57.5 Å². The number of alkyl halides is 3. The van der Waals surface area contributed by atoms with Crippen LogP contribution in [0.2, 0.25) is 0 Å². The maximum absolute atomic E-state index is 13.6. The van der Waals surface area contributed by atoms with Gasteiger partial charge in [0, 0.05) is 23.7 Å². The van der Waals surface area contributed by atoms with Crippen LogP contribution in [0.1, 0.15) is 17.7 Å². The fourth-order valence-electron chi connectivity index (χ4n) is 2.65. The first-order valence-corrected chi connectivity index (χ1v) is 7.45. The predicted octanol–water partition coefficient (Wildman–Crippen LogP) is 4.41. The highest BCUT2D eigenvalue weighted by Gasteiger charge is 2.62. The number of nitrogens with zero attached hydrogens (tertiary/aromatic N) is 2. The lowest BCUT2D eigenvalue weighted by Crippen LogP contribution is -2.52. The third-order valence-electron chi connectivity index (χ3n) is 4.02. The van der Waals surface area contributed by atoms with Crippen LogP contribution in [-0.2, 0) is 10.3 Å². The van der Waals surface area contributed by atoms with E-state index >= 15 is 0 Å². The molecule has 2 aromatic rings. The van der Waals surface area contributed by atoms with Crippen LogP contribution >= 0.6 is 0 Å². The zero-order chi connectivity index (χ0) is 19.1. The Bertz CT molecular complexity index is 866. The van der Waals surface area contributed by atoms with Crippen LogP contribution in [0, 0.1) is 22.9 Å². The molecule has 1 aromatic carbocycles. The summed E-state index contributed by atoms with van der Waals surface area (Å²) in [6.45, 7) is 1.38. The van der Waals surface area contributed by atoms with E-state index in [2.05, 4.69) is 4.98 Å². The topological polar surface area (TPSA) is 74.5 Å². The summed E-state index contributed by atoms with van der Waals surface area (Å²) >= 11 is 0. The van der Waals surface area contributed by atoms with Crippen molar-refractivity contribution in [3.63, 3.8) is 0 Å². The molecule has 10 heteroatoms. The van der Waals surface area contributed by atoms with Gasteiger partial charge in [0.1, 0.15) is 11.6 Å². The van der Waals surface area contributed by atoms with Crippen molar-refractivity contribution in [2.45, 2.75) is 25.1 Å². The number of rotatable bonds is 4. The van der Waals surface area contributed by atoms with Gasteiger partial charge in [0.05, 0.1) is 11.5 Å². The summed E-state index contributed by atoms with van der Waals surface area (Å²) in [5.41, 5.74) is -3.47. The first kappa shape index (κ1) is 18.1. The first-order chi connectivity index (χ1) is 12.1. The molecule has 0 N–H and O–H groups in total. The number of pyridine rings is 1. The molecule has 0 radical (unpaired) electrons. The van der Waals surface area contributed by atoms with E-state index < -0.39 is 51.8 Å². The molecule has 0 spiro atoms. The van der Waals surface area contributed by atoms with Crippen molar-refractivity contribution >= 4 is 5.69 Å². The minimum atomic E-state index is -4.82. The van der Waals surface area contributed by atoms with Crippen LogP contribution in [0.4, 0.5) is 23.2 Å². The van der Waals surface area contributed by atoms with E-state index in [1.165, 1.54) is 13.0 Å². The largest absolute Gasteiger partial charge is 0.433 e. The highest BCUT2D eigenvalue weighted by Crippen LogP contribution is 2.53. The number of hydrogen-bond donors (Lipinski definition) is 0. The van der Waals surface area contributed by atoms with Gasteiger partial charge in [0.25, 0.3) is 5.88 Å². The van der Waals surface area contributed by atoms with E-state index in [1.54, 1.807) is 0 Å². The van der Waals surface area contributed by atoms with Gasteiger partial charge in [-0.05, 0) is 31.2 Å². The summed E-state index contributed by atoms with van der Waals surface area (Å²) in [4.78, 5) is 14.2. The number of aryl methyl sites for hydroxylation is 1. The molecule has 2 heterocycles. The lowest BCUT2D eigenvalue weighted by molar-refractivity contribution is -0.386. The smallest absolute Gasteiger partial charge is 0.421 e. The van der Waals surface area contributed by atoms with Crippen LogP contribution < -0.4 is 4.74 Å². The van der Waals surface area contributed by atoms with Crippen LogP contribution in [0.15, 0.2) is 30.3 Å². The van der Waals surface area contributed by atoms with Crippen LogP contribution in [-0.4, -0.2) is 22.7 Å². The van der Waals surface area contributed by atoms with Gasteiger partial charge in [-0.3, -0.25) is 10.1 Å². The van der Waals surface area contributed by atoms with Gasteiger partial charge in [-0.1, -0.05) is 0 Å². The maximum Gasteiger partial charge on any atom is 0.421 e. The summed E-state index contributed by atoms with van der Waals surface area (Å²) in [7, 11) is 0. The van der Waals surface area contributed by atoms with Crippen LogP contribution in [0.3, 0.4) is 0 Å². The molecule has 6 nitrogen and oxygen atoms in total. The van der Waals surface area contributed by atoms with Crippen molar-refractivity contribution in [2.75, 3.05) is 6.61 Å². The van der Waals surface area contributed by atoms with E-state index in [0.717, 1.165) is 18.2 Å². The second-order valence-electron chi connectivity index (χ2n) is 5.70. The van der Waals surface area contributed by atoms with E-state index in [1.807, 2.05) is 0 Å². The highest BCUT2D eigenvalue weighted by molar-refractivity contribution is 5.48. The van der Waals surface area contributed by atoms with Gasteiger partial charge in [-0.25, -0.2) is 9.37 Å². The average molecular weight is 372 g/mol. The van der Waals surface area contributed by atoms with Crippen LogP contribution in [0.5, 0.6) is 11.6 Å². The summed E-state index contributed by atoms with van der Waals surface area (Å²) < 4.78 is 64.3. The minimum absolute atomic E-state index is 0.154. The van der Waals surface area contributed by atoms with Crippen molar-refractivity contribution < 1.29 is 32.0 Å². The Morgan fingerprint density at radius 2 is 2.00 bits per heavy atom. The molecule has 1 aliphatic heterocycles. The van der Waals surface area contributed by atoms with Crippen molar-refractivity contribution in [2.24, 2.45) is 0 Å². The van der Waals surface area contributed by atoms with E-state index in [-0.39, 0.29) is 6.61 Å². The van der Waals surface area contributed by atoms with E-state index in [9.17, 15) is 27.7 Å². The second-order valence-corrected chi connectivity index (χ2v) is 5.70. The maximum atomic E-state index is 13.6. The molecule has 0 aliphatic carbocycles. The fourth-order valence-corrected chi connectivity index (χ4v) is 2.65. The molecule has 0 bridgehead atoms. The molecular weight excluding hydrogens is 360 g/mol. The molecule has 138 valence electrons. The standard InChI is InChI=1S/C16H12F4N2O4/c1-9-2-4-12(22(23)24)14(21-9)26-13-5-3-10(17)8-11(13)15(6-7-25-15)16(18,19)20/h2-5,8H,6-7H2,1H3. The minimum Gasteiger partial charge on any atom is -0.433 e. The average Bonchev–Trinajstić information content (AvgIpc) is 2.47. The van der Waals surface area contributed by atoms with Crippen molar-refractivity contribution in [1.82, 2.24) is 4.98 Å². The quantitative estimate of drug-likeness (QED) is 0.452. The van der Waals surface area contributed by atoms with E-state index in [0.29, 0.717) is 11.8 Å². The molecule has 3 rings (SSSR count). The van der Waals surface area contributed by atoms with Gasteiger partial charge in [-0.15, -0.1) is 0 Å². The number of ether oxygens (including phenoxy) is 2. The zero-order valence-electron chi connectivity index (χ0n) is 13.3. The predicted molar refractivity (Wildman–Crippen MR) is 80.4 cm³/mol. The third kappa shape index (κ3) is 2.96. The number of benzene rings is 1. The summed E-state index contributed by atoms with van der Waals surface area (Å²) in [5, 5.41) is 11.1. The van der Waals surface area contributed by atoms with Gasteiger partial charge in [0.15, 0.2) is 5.60 Å². The number of halogens is 4. The molecule has 26 heavy (non-hydrogen) atoms. The summed E-state index contributed by atoms with van der Waals surface area (Å²) in [5.74, 6) is -1.82. The summed E-state index contributed by atoms with van der Waals surface area (Å²) in [6.07, 6.45) is -5.23. The summed E-state index contributed by atoms with van der Waals surface area (Å²) in [6, 6.07) is 5.00.